The normalized spacial score (nSPS) is 20.6. The number of nitrogens with zero attached hydrogens (tertiary/aromatic N) is 2. The van der Waals surface area contributed by atoms with Crippen LogP contribution < -0.4 is 0 Å². The zero-order chi connectivity index (χ0) is 19.2. The second-order valence-corrected chi connectivity index (χ2v) is 8.68. The summed E-state index contributed by atoms with van der Waals surface area (Å²) in [5, 5.41) is 12.7. The van der Waals surface area contributed by atoms with E-state index in [0.29, 0.717) is 5.02 Å². The first-order valence-electron chi connectivity index (χ1n) is 9.76. The highest BCUT2D eigenvalue weighted by Gasteiger charge is 2.37. The average Bonchev–Trinajstić information content (AvgIpc) is 3.22. The predicted octanol–water partition coefficient (Wildman–Crippen LogP) is 3.52. The second-order valence-electron chi connectivity index (χ2n) is 8.25. The molecule has 1 fully saturated rings. The molecule has 1 aliphatic carbocycles. The van der Waals surface area contributed by atoms with Gasteiger partial charge in [0.15, 0.2) is 5.60 Å². The molecular weight excluding hydrogens is 364 g/mol. The molecule has 1 saturated carbocycles. The summed E-state index contributed by atoms with van der Waals surface area (Å²) < 4.78 is 7.67. The minimum Gasteiger partial charge on any atom is -0.460 e. The van der Waals surface area contributed by atoms with Crippen LogP contribution in [0.2, 0.25) is 5.02 Å². The Kier molecular flexibility index (Phi) is 4.95. The molecule has 0 radical (unpaired) electrons. The number of hydrogen-bond donors (Lipinski definition) is 1. The molecule has 4 rings (SSSR count). The maximum Gasteiger partial charge on any atom is 0.339 e. The van der Waals surface area contributed by atoms with Crippen molar-refractivity contribution in [3.05, 3.63) is 34.5 Å². The molecule has 1 unspecified atom stereocenters. The topological polar surface area (TPSA) is 54.7 Å². The van der Waals surface area contributed by atoms with E-state index in [1.165, 1.54) is 11.3 Å². The van der Waals surface area contributed by atoms with Crippen LogP contribution in [0.15, 0.2) is 18.2 Å². The first-order valence-corrected chi connectivity index (χ1v) is 10.1. The number of carbonyl (C=O) groups is 1. The van der Waals surface area contributed by atoms with Crippen LogP contribution in [0.1, 0.15) is 43.9 Å². The highest BCUT2D eigenvalue weighted by molar-refractivity contribution is 6.31. The zero-order valence-corrected chi connectivity index (χ0v) is 16.8. The molecule has 2 heterocycles. The molecule has 1 N–H and O–H groups in total. The fourth-order valence-electron chi connectivity index (χ4n) is 4.39. The van der Waals surface area contributed by atoms with Crippen molar-refractivity contribution in [3.8, 4) is 0 Å². The van der Waals surface area contributed by atoms with Crippen molar-refractivity contribution >= 4 is 28.5 Å². The van der Waals surface area contributed by atoms with E-state index >= 15 is 0 Å². The molecule has 0 bridgehead atoms. The van der Waals surface area contributed by atoms with Gasteiger partial charge in [0.05, 0.1) is 6.54 Å². The smallest absolute Gasteiger partial charge is 0.339 e. The number of aromatic nitrogens is 1. The lowest BCUT2D eigenvalue weighted by molar-refractivity contribution is -0.170. The van der Waals surface area contributed by atoms with E-state index in [0.717, 1.165) is 56.1 Å². The summed E-state index contributed by atoms with van der Waals surface area (Å²) in [7, 11) is 2.10. The average molecular weight is 391 g/mol. The molecule has 1 aromatic heterocycles. The first kappa shape index (κ1) is 18.8. The molecule has 2 aliphatic rings. The maximum atomic E-state index is 12.6. The number of rotatable bonds is 4. The quantitative estimate of drug-likeness (QED) is 0.811. The Labute approximate surface area is 164 Å². The van der Waals surface area contributed by atoms with E-state index in [-0.39, 0.29) is 12.6 Å². The molecule has 146 valence electrons. The van der Waals surface area contributed by atoms with E-state index in [4.69, 9.17) is 16.3 Å². The Morgan fingerprint density at radius 1 is 1.37 bits per heavy atom. The molecule has 1 aromatic carbocycles. The number of ether oxygens (including phenoxy) is 1. The van der Waals surface area contributed by atoms with Crippen LogP contribution in [-0.4, -0.2) is 45.8 Å². The van der Waals surface area contributed by atoms with Crippen LogP contribution in [-0.2, 0) is 29.0 Å². The van der Waals surface area contributed by atoms with E-state index in [2.05, 4.69) is 16.5 Å². The molecule has 27 heavy (non-hydrogen) atoms. The Morgan fingerprint density at radius 2 is 2.11 bits per heavy atom. The lowest BCUT2D eigenvalue weighted by atomic mass is 10.0. The van der Waals surface area contributed by atoms with Crippen LogP contribution in [0.25, 0.3) is 10.9 Å². The SMILES string of the molecule is CN1CCc2c(c3cc(Cl)ccc3n2CC(C)(O)C(=O)OC2CCCC2)C1. The molecule has 1 aliphatic heterocycles. The van der Waals surface area contributed by atoms with Gasteiger partial charge in [-0.3, -0.25) is 0 Å². The van der Waals surface area contributed by atoms with E-state index < -0.39 is 11.6 Å². The Bertz CT molecular complexity index is 868. The molecule has 0 spiro atoms. The van der Waals surface area contributed by atoms with Crippen molar-refractivity contribution in [1.29, 1.82) is 0 Å². The fraction of sp³-hybridized carbons (Fsp3) is 0.571. The molecule has 0 saturated heterocycles. The molecule has 1 atom stereocenters. The van der Waals surface area contributed by atoms with Gasteiger partial charge in [-0.15, -0.1) is 0 Å². The molecule has 2 aromatic rings. The lowest BCUT2D eigenvalue weighted by Gasteiger charge is -2.28. The lowest BCUT2D eigenvalue weighted by Crippen LogP contribution is -2.43. The number of benzene rings is 1. The molecule has 0 amide bonds. The number of hydrogen-bond acceptors (Lipinski definition) is 4. The second kappa shape index (κ2) is 7.12. The summed E-state index contributed by atoms with van der Waals surface area (Å²) in [5.41, 5.74) is 1.86. The van der Waals surface area contributed by atoms with Crippen molar-refractivity contribution in [2.75, 3.05) is 13.6 Å². The van der Waals surface area contributed by atoms with Gasteiger partial charge in [-0.2, -0.15) is 0 Å². The number of likely N-dealkylation sites (N-methyl/N-ethyl adjacent to an activating group) is 1. The van der Waals surface area contributed by atoms with Gasteiger partial charge in [0.1, 0.15) is 6.10 Å². The van der Waals surface area contributed by atoms with Crippen molar-refractivity contribution in [2.45, 2.75) is 63.8 Å². The highest BCUT2D eigenvalue weighted by Crippen LogP contribution is 2.34. The molecule has 6 heteroatoms. The minimum absolute atomic E-state index is 0.0493. The van der Waals surface area contributed by atoms with Gasteiger partial charge >= 0.3 is 5.97 Å². The van der Waals surface area contributed by atoms with E-state index in [1.807, 2.05) is 18.2 Å². The third kappa shape index (κ3) is 3.60. The zero-order valence-electron chi connectivity index (χ0n) is 16.0. The monoisotopic (exact) mass is 390 g/mol. The standard InChI is InChI=1S/C21H27ClN2O3/c1-21(26,20(25)27-15-5-3-4-6-15)13-24-18-8-7-14(22)11-16(18)17-12-23(2)10-9-19(17)24/h7-8,11,15,26H,3-6,9-10,12-13H2,1-2H3. The summed E-state index contributed by atoms with van der Waals surface area (Å²) in [4.78, 5) is 14.9. The largest absolute Gasteiger partial charge is 0.460 e. The highest BCUT2D eigenvalue weighted by atomic mass is 35.5. The summed E-state index contributed by atoms with van der Waals surface area (Å²) in [6.45, 7) is 3.54. The first-order chi connectivity index (χ1) is 12.8. The minimum atomic E-state index is -1.56. The van der Waals surface area contributed by atoms with Crippen LogP contribution in [0, 0.1) is 0 Å². The van der Waals surface area contributed by atoms with Gasteiger partial charge in [0.2, 0.25) is 0 Å². The van der Waals surface area contributed by atoms with Gasteiger partial charge in [0.25, 0.3) is 0 Å². The van der Waals surface area contributed by atoms with Gasteiger partial charge in [0, 0.05) is 41.1 Å². The summed E-state index contributed by atoms with van der Waals surface area (Å²) in [6.07, 6.45) is 4.80. The maximum absolute atomic E-state index is 12.6. The van der Waals surface area contributed by atoms with Crippen LogP contribution >= 0.6 is 11.6 Å². The number of fused-ring (bicyclic) bond motifs is 3. The van der Waals surface area contributed by atoms with Crippen molar-refractivity contribution in [3.63, 3.8) is 0 Å². The van der Waals surface area contributed by atoms with Gasteiger partial charge in [-0.25, -0.2) is 4.79 Å². The van der Waals surface area contributed by atoms with Crippen molar-refractivity contribution < 1.29 is 14.6 Å². The van der Waals surface area contributed by atoms with Crippen LogP contribution in [0.3, 0.4) is 0 Å². The fourth-order valence-corrected chi connectivity index (χ4v) is 4.57. The van der Waals surface area contributed by atoms with Crippen LogP contribution in [0.4, 0.5) is 0 Å². The Hall–Kier alpha value is -1.56. The summed E-state index contributed by atoms with van der Waals surface area (Å²) in [6, 6.07) is 5.83. The van der Waals surface area contributed by atoms with Gasteiger partial charge in [-0.05, 0) is 63.4 Å². The number of aliphatic hydroxyl groups is 1. The number of esters is 1. The van der Waals surface area contributed by atoms with E-state index in [1.54, 1.807) is 6.92 Å². The summed E-state index contributed by atoms with van der Waals surface area (Å²) in [5.74, 6) is -0.521. The summed E-state index contributed by atoms with van der Waals surface area (Å²) >= 11 is 6.24. The third-order valence-electron chi connectivity index (χ3n) is 5.89. The van der Waals surface area contributed by atoms with E-state index in [9.17, 15) is 9.90 Å². The van der Waals surface area contributed by atoms with Crippen LogP contribution in [0.5, 0.6) is 0 Å². The number of halogens is 1. The molecule has 5 nitrogen and oxygen atoms in total. The predicted molar refractivity (Wildman–Crippen MR) is 106 cm³/mol. The third-order valence-corrected chi connectivity index (χ3v) is 6.12. The molecular formula is C21H27ClN2O3. The van der Waals surface area contributed by atoms with Gasteiger partial charge < -0.3 is 19.3 Å². The number of carbonyl (C=O) groups excluding carboxylic acids is 1. The Balaban J connectivity index is 1.67. The van der Waals surface area contributed by atoms with Crippen molar-refractivity contribution in [1.82, 2.24) is 9.47 Å². The van der Waals surface area contributed by atoms with Gasteiger partial charge in [-0.1, -0.05) is 11.6 Å². The Morgan fingerprint density at radius 3 is 2.85 bits per heavy atom. The van der Waals surface area contributed by atoms with Crippen molar-refractivity contribution in [2.24, 2.45) is 0 Å².